The second-order valence-corrected chi connectivity index (χ2v) is 10.5. The Kier molecular flexibility index (Phi) is 9.56. The van der Waals surface area contributed by atoms with Crippen molar-refractivity contribution in [1.29, 1.82) is 0 Å². The lowest BCUT2D eigenvalue weighted by molar-refractivity contribution is 0.0767. The fourth-order valence-electron chi connectivity index (χ4n) is 5.08. The number of aromatic nitrogens is 2. The zero-order valence-corrected chi connectivity index (χ0v) is 23.2. The summed E-state index contributed by atoms with van der Waals surface area (Å²) in [6.07, 6.45) is 7.77. The molecule has 2 aromatic carbocycles. The SMILES string of the molecule is CCCCCCc1ccc(C(=O)N2CCCN(c3nc(C)nc(C)c3Cc3ccc(Cl)cc3)CC2)cc1. The lowest BCUT2D eigenvalue weighted by Gasteiger charge is -2.26. The van der Waals surface area contributed by atoms with Gasteiger partial charge in [0, 0.05) is 54.4 Å². The van der Waals surface area contributed by atoms with Crippen LogP contribution in [0.15, 0.2) is 48.5 Å². The van der Waals surface area contributed by atoms with Crippen LogP contribution < -0.4 is 4.90 Å². The Labute approximate surface area is 226 Å². The summed E-state index contributed by atoms with van der Waals surface area (Å²) < 4.78 is 0. The molecule has 1 aromatic heterocycles. The highest BCUT2D eigenvalue weighted by molar-refractivity contribution is 6.30. The summed E-state index contributed by atoms with van der Waals surface area (Å²) in [7, 11) is 0. The fraction of sp³-hybridized carbons (Fsp3) is 0.452. The molecule has 1 aliphatic heterocycles. The molecule has 4 rings (SSSR count). The number of benzene rings is 2. The molecule has 3 aromatic rings. The summed E-state index contributed by atoms with van der Waals surface area (Å²) in [6, 6.07) is 16.2. The van der Waals surface area contributed by atoms with Crippen LogP contribution in [0, 0.1) is 13.8 Å². The van der Waals surface area contributed by atoms with Crippen molar-refractivity contribution < 1.29 is 4.79 Å². The van der Waals surface area contributed by atoms with Crippen molar-refractivity contribution in [2.24, 2.45) is 0 Å². The number of carbonyl (C=O) groups excluding carboxylic acids is 1. The maximum Gasteiger partial charge on any atom is 0.253 e. The maximum atomic E-state index is 13.3. The highest BCUT2D eigenvalue weighted by atomic mass is 35.5. The van der Waals surface area contributed by atoms with E-state index in [1.807, 2.05) is 36.1 Å². The van der Waals surface area contributed by atoms with Gasteiger partial charge in [-0.1, -0.05) is 62.1 Å². The second-order valence-electron chi connectivity index (χ2n) is 10.1. The molecule has 196 valence electrons. The molecule has 1 amide bonds. The first kappa shape index (κ1) is 27.1. The van der Waals surface area contributed by atoms with E-state index < -0.39 is 0 Å². The summed E-state index contributed by atoms with van der Waals surface area (Å²) in [5.74, 6) is 1.89. The minimum Gasteiger partial charge on any atom is -0.354 e. The number of carbonyl (C=O) groups is 1. The topological polar surface area (TPSA) is 49.3 Å². The van der Waals surface area contributed by atoms with Crippen molar-refractivity contribution in [2.45, 2.75) is 65.7 Å². The number of nitrogens with zero attached hydrogens (tertiary/aromatic N) is 4. The van der Waals surface area contributed by atoms with Crippen LogP contribution in [0.1, 0.15) is 77.6 Å². The van der Waals surface area contributed by atoms with Gasteiger partial charge in [-0.3, -0.25) is 4.79 Å². The van der Waals surface area contributed by atoms with Crippen molar-refractivity contribution in [2.75, 3.05) is 31.1 Å². The van der Waals surface area contributed by atoms with Gasteiger partial charge in [-0.2, -0.15) is 0 Å². The average molecular weight is 519 g/mol. The van der Waals surface area contributed by atoms with Crippen LogP contribution in [0.2, 0.25) is 5.02 Å². The zero-order valence-electron chi connectivity index (χ0n) is 22.5. The Hall–Kier alpha value is -2.92. The molecule has 1 aliphatic rings. The van der Waals surface area contributed by atoms with Gasteiger partial charge < -0.3 is 9.80 Å². The van der Waals surface area contributed by atoms with E-state index in [1.165, 1.54) is 36.8 Å². The Morgan fingerprint density at radius 2 is 1.59 bits per heavy atom. The highest BCUT2D eigenvalue weighted by Crippen LogP contribution is 2.26. The normalized spacial score (nSPS) is 14.1. The van der Waals surface area contributed by atoms with Crippen LogP contribution >= 0.6 is 11.6 Å². The third-order valence-corrected chi connectivity index (χ3v) is 7.45. The standard InChI is InChI=1S/C31H39ClN4O/c1-4-5-6-7-9-25-10-14-27(15-11-25)31(37)36-19-8-18-35(20-21-36)30-29(23(2)33-24(3)34-30)22-26-12-16-28(32)17-13-26/h10-17H,4-9,18-22H2,1-3H3. The molecular weight excluding hydrogens is 480 g/mol. The number of hydrogen-bond acceptors (Lipinski definition) is 4. The summed E-state index contributed by atoms with van der Waals surface area (Å²) in [5, 5.41) is 0.736. The molecule has 5 nitrogen and oxygen atoms in total. The molecule has 2 heterocycles. The quantitative estimate of drug-likeness (QED) is 0.292. The molecule has 0 atom stereocenters. The zero-order chi connectivity index (χ0) is 26.2. The summed E-state index contributed by atoms with van der Waals surface area (Å²) in [6.45, 7) is 9.30. The van der Waals surface area contributed by atoms with Gasteiger partial charge in [0.15, 0.2) is 0 Å². The van der Waals surface area contributed by atoms with Crippen molar-refractivity contribution in [3.05, 3.63) is 87.3 Å². The number of hydrogen-bond donors (Lipinski definition) is 0. The van der Waals surface area contributed by atoms with E-state index in [0.717, 1.165) is 72.4 Å². The van der Waals surface area contributed by atoms with Crippen LogP contribution in [-0.2, 0) is 12.8 Å². The number of anilines is 1. The summed E-state index contributed by atoms with van der Waals surface area (Å²) >= 11 is 6.09. The van der Waals surface area contributed by atoms with Gasteiger partial charge in [-0.15, -0.1) is 0 Å². The molecule has 0 bridgehead atoms. The maximum absolute atomic E-state index is 13.3. The molecule has 0 saturated carbocycles. The largest absolute Gasteiger partial charge is 0.354 e. The van der Waals surface area contributed by atoms with Gasteiger partial charge in [-0.25, -0.2) is 9.97 Å². The van der Waals surface area contributed by atoms with Crippen molar-refractivity contribution in [3.8, 4) is 0 Å². The first-order valence-electron chi connectivity index (χ1n) is 13.7. The minimum absolute atomic E-state index is 0.121. The molecule has 37 heavy (non-hydrogen) atoms. The van der Waals surface area contributed by atoms with E-state index in [1.54, 1.807) is 0 Å². The van der Waals surface area contributed by atoms with E-state index >= 15 is 0 Å². The van der Waals surface area contributed by atoms with Crippen LogP contribution in [0.3, 0.4) is 0 Å². The van der Waals surface area contributed by atoms with Crippen LogP contribution in [-0.4, -0.2) is 47.0 Å². The third-order valence-electron chi connectivity index (χ3n) is 7.20. The van der Waals surface area contributed by atoms with Gasteiger partial charge in [0.25, 0.3) is 5.91 Å². The monoisotopic (exact) mass is 518 g/mol. The summed E-state index contributed by atoms with van der Waals surface area (Å²) in [4.78, 5) is 27.2. The third kappa shape index (κ3) is 7.32. The Bertz CT molecular complexity index is 1180. The molecule has 0 N–H and O–H groups in total. The first-order valence-corrected chi connectivity index (χ1v) is 14.0. The Morgan fingerprint density at radius 1 is 0.865 bits per heavy atom. The molecule has 6 heteroatoms. The number of aryl methyl sites for hydroxylation is 3. The number of amides is 1. The van der Waals surface area contributed by atoms with Crippen LogP contribution in [0.25, 0.3) is 0 Å². The smallest absolute Gasteiger partial charge is 0.253 e. The average Bonchev–Trinajstić information content (AvgIpc) is 3.15. The number of unbranched alkanes of at least 4 members (excludes halogenated alkanes) is 3. The second kappa shape index (κ2) is 13.0. The number of halogens is 1. The predicted octanol–water partition coefficient (Wildman–Crippen LogP) is 6.81. The molecule has 0 aliphatic carbocycles. The lowest BCUT2D eigenvalue weighted by atomic mass is 10.0. The van der Waals surface area contributed by atoms with Gasteiger partial charge in [0.2, 0.25) is 0 Å². The van der Waals surface area contributed by atoms with E-state index in [9.17, 15) is 4.79 Å². The molecule has 1 saturated heterocycles. The molecule has 0 spiro atoms. The van der Waals surface area contributed by atoms with Gasteiger partial charge in [0.1, 0.15) is 11.6 Å². The van der Waals surface area contributed by atoms with E-state index in [0.29, 0.717) is 6.54 Å². The molecule has 0 radical (unpaired) electrons. The Morgan fingerprint density at radius 3 is 2.32 bits per heavy atom. The van der Waals surface area contributed by atoms with Crippen molar-refractivity contribution in [1.82, 2.24) is 14.9 Å². The minimum atomic E-state index is 0.121. The van der Waals surface area contributed by atoms with Gasteiger partial charge in [0.05, 0.1) is 0 Å². The lowest BCUT2D eigenvalue weighted by Crippen LogP contribution is -2.35. The number of rotatable bonds is 9. The van der Waals surface area contributed by atoms with Crippen molar-refractivity contribution in [3.63, 3.8) is 0 Å². The van der Waals surface area contributed by atoms with Gasteiger partial charge in [-0.05, 0) is 68.5 Å². The highest BCUT2D eigenvalue weighted by Gasteiger charge is 2.24. The fourth-order valence-corrected chi connectivity index (χ4v) is 5.20. The van der Waals surface area contributed by atoms with E-state index in [4.69, 9.17) is 16.6 Å². The molecule has 0 unspecified atom stereocenters. The van der Waals surface area contributed by atoms with Crippen LogP contribution in [0.4, 0.5) is 5.82 Å². The van der Waals surface area contributed by atoms with E-state index in [-0.39, 0.29) is 5.91 Å². The predicted molar refractivity (Wildman–Crippen MR) is 153 cm³/mol. The van der Waals surface area contributed by atoms with Crippen LogP contribution in [0.5, 0.6) is 0 Å². The molecular formula is C31H39ClN4O. The van der Waals surface area contributed by atoms with Crippen molar-refractivity contribution >= 4 is 23.3 Å². The van der Waals surface area contributed by atoms with Gasteiger partial charge >= 0.3 is 0 Å². The Balaban J connectivity index is 1.43. The molecule has 1 fully saturated rings. The summed E-state index contributed by atoms with van der Waals surface area (Å²) in [5.41, 5.74) is 5.42. The first-order chi connectivity index (χ1) is 17.9. The van der Waals surface area contributed by atoms with E-state index in [2.05, 4.69) is 48.0 Å².